The number of thioether (sulfide) groups is 1. The summed E-state index contributed by atoms with van der Waals surface area (Å²) in [6.45, 7) is 1.59. The van der Waals surface area contributed by atoms with Crippen LogP contribution in [0.2, 0.25) is 0 Å². The van der Waals surface area contributed by atoms with Crippen LogP contribution in [-0.2, 0) is 4.79 Å². The van der Waals surface area contributed by atoms with Gasteiger partial charge in [0, 0.05) is 23.4 Å². The molecule has 1 aliphatic carbocycles. The number of benzene rings is 1. The Morgan fingerprint density at radius 2 is 2.00 bits per heavy atom. The van der Waals surface area contributed by atoms with Gasteiger partial charge in [0.05, 0.1) is 6.10 Å². The Balaban J connectivity index is 1.81. The summed E-state index contributed by atoms with van der Waals surface area (Å²) in [7, 11) is 0. The van der Waals surface area contributed by atoms with E-state index in [0.717, 1.165) is 17.9 Å². The molecule has 0 spiro atoms. The zero-order valence-corrected chi connectivity index (χ0v) is 16.5. The van der Waals surface area contributed by atoms with Crippen LogP contribution in [0, 0.1) is 11.6 Å². The van der Waals surface area contributed by atoms with Gasteiger partial charge in [0.1, 0.15) is 5.03 Å². The average Bonchev–Trinajstić information content (AvgIpc) is 3.16. The van der Waals surface area contributed by atoms with E-state index in [0.29, 0.717) is 16.4 Å². The van der Waals surface area contributed by atoms with Crippen molar-refractivity contribution in [2.24, 2.45) is 0 Å². The van der Waals surface area contributed by atoms with Gasteiger partial charge in [0.15, 0.2) is 17.4 Å². The van der Waals surface area contributed by atoms with E-state index in [1.54, 1.807) is 30.9 Å². The van der Waals surface area contributed by atoms with E-state index in [2.05, 4.69) is 4.98 Å². The number of carboxylic acid groups (broad SMARTS) is 1. The number of hydrogen-bond donors (Lipinski definition) is 1. The molecule has 2 aromatic rings. The van der Waals surface area contributed by atoms with Gasteiger partial charge in [0.2, 0.25) is 0 Å². The summed E-state index contributed by atoms with van der Waals surface area (Å²) < 4.78 is 34.5. The zero-order chi connectivity index (χ0) is 20.1. The largest absolute Gasteiger partial charge is 0.485 e. The maximum atomic E-state index is 14.6. The fourth-order valence-electron chi connectivity index (χ4n) is 3.28. The Labute approximate surface area is 167 Å². The molecule has 28 heavy (non-hydrogen) atoms. The van der Waals surface area contributed by atoms with Crippen molar-refractivity contribution in [2.45, 2.75) is 61.8 Å². The molecule has 1 N–H and O–H groups in total. The van der Waals surface area contributed by atoms with Gasteiger partial charge in [-0.3, -0.25) is 4.79 Å². The third kappa shape index (κ3) is 5.22. The average molecular weight is 407 g/mol. The van der Waals surface area contributed by atoms with Crippen LogP contribution in [0.5, 0.6) is 5.75 Å². The summed E-state index contributed by atoms with van der Waals surface area (Å²) in [4.78, 5) is 15.1. The number of carboxylic acids is 1. The van der Waals surface area contributed by atoms with E-state index >= 15 is 0 Å². The Bertz CT molecular complexity index is 817. The molecule has 1 aromatic carbocycles. The molecule has 4 nitrogen and oxygen atoms in total. The normalized spacial score (nSPS) is 15.5. The summed E-state index contributed by atoms with van der Waals surface area (Å²) in [5.74, 6) is -3.07. The summed E-state index contributed by atoms with van der Waals surface area (Å²) in [5.41, 5.74) is 1.11. The SMILES string of the molecule is CC(CCC(=O)O)Oc1c(F)cc(-c2cccnc2SC2CCCC2)cc1F. The lowest BCUT2D eigenvalue weighted by Crippen LogP contribution is -2.15. The first kappa shape index (κ1) is 20.6. The number of rotatable bonds is 8. The molecule has 7 heteroatoms. The summed E-state index contributed by atoms with van der Waals surface area (Å²) >= 11 is 1.67. The lowest BCUT2D eigenvalue weighted by molar-refractivity contribution is -0.137. The zero-order valence-electron chi connectivity index (χ0n) is 15.7. The Morgan fingerprint density at radius 3 is 2.64 bits per heavy atom. The van der Waals surface area contributed by atoms with Crippen LogP contribution in [0.25, 0.3) is 11.1 Å². The second-order valence-corrected chi connectivity index (χ2v) is 8.30. The number of halogens is 2. The van der Waals surface area contributed by atoms with Crippen molar-refractivity contribution in [1.29, 1.82) is 0 Å². The van der Waals surface area contributed by atoms with E-state index in [1.165, 1.54) is 25.0 Å². The minimum atomic E-state index is -0.976. The number of pyridine rings is 1. The summed E-state index contributed by atoms with van der Waals surface area (Å²) in [5, 5.41) is 9.98. The molecule has 1 unspecified atom stereocenters. The van der Waals surface area contributed by atoms with E-state index in [-0.39, 0.29) is 12.8 Å². The number of aliphatic carboxylic acids is 1. The molecule has 0 radical (unpaired) electrons. The fraction of sp³-hybridized carbons (Fsp3) is 0.429. The Kier molecular flexibility index (Phi) is 6.88. The minimum Gasteiger partial charge on any atom is -0.485 e. The van der Waals surface area contributed by atoms with Crippen molar-refractivity contribution in [3.63, 3.8) is 0 Å². The van der Waals surface area contributed by atoms with Crippen molar-refractivity contribution in [3.05, 3.63) is 42.1 Å². The highest BCUT2D eigenvalue weighted by molar-refractivity contribution is 8.00. The topological polar surface area (TPSA) is 59.4 Å². The number of carbonyl (C=O) groups is 1. The quantitative estimate of drug-likeness (QED) is 0.609. The first-order chi connectivity index (χ1) is 13.4. The van der Waals surface area contributed by atoms with Crippen LogP contribution in [0.1, 0.15) is 45.4 Å². The smallest absolute Gasteiger partial charge is 0.303 e. The number of ether oxygens (including phenoxy) is 1. The second-order valence-electron chi connectivity index (χ2n) is 7.01. The molecule has 0 bridgehead atoms. The van der Waals surface area contributed by atoms with Crippen molar-refractivity contribution in [3.8, 4) is 16.9 Å². The predicted molar refractivity (Wildman–Crippen MR) is 105 cm³/mol. The van der Waals surface area contributed by atoms with E-state index < -0.39 is 29.5 Å². The van der Waals surface area contributed by atoms with Gasteiger partial charge < -0.3 is 9.84 Å². The van der Waals surface area contributed by atoms with E-state index in [1.807, 2.05) is 6.07 Å². The van der Waals surface area contributed by atoms with Crippen LogP contribution >= 0.6 is 11.8 Å². The Morgan fingerprint density at radius 1 is 1.32 bits per heavy atom. The van der Waals surface area contributed by atoms with Gasteiger partial charge in [-0.05, 0) is 49.9 Å². The van der Waals surface area contributed by atoms with Gasteiger partial charge in [-0.25, -0.2) is 13.8 Å². The van der Waals surface area contributed by atoms with Gasteiger partial charge in [0.25, 0.3) is 0 Å². The molecular formula is C21H23F2NO3S. The highest BCUT2D eigenvalue weighted by Crippen LogP contribution is 2.39. The van der Waals surface area contributed by atoms with E-state index in [9.17, 15) is 13.6 Å². The number of nitrogens with zero attached hydrogens (tertiary/aromatic N) is 1. The standard InChI is InChI=1S/C21H23F2NO3S/c1-13(8-9-19(25)26)27-20-17(22)11-14(12-18(20)23)16-7-4-10-24-21(16)28-15-5-2-3-6-15/h4,7,10-13,15H,2-3,5-6,8-9H2,1H3,(H,25,26). The van der Waals surface area contributed by atoms with Gasteiger partial charge in [-0.15, -0.1) is 11.8 Å². The molecule has 150 valence electrons. The molecule has 1 aliphatic rings. The summed E-state index contributed by atoms with van der Waals surface area (Å²) in [6, 6.07) is 6.06. The van der Waals surface area contributed by atoms with Crippen LogP contribution in [0.15, 0.2) is 35.5 Å². The molecule has 1 heterocycles. The number of aromatic nitrogens is 1. The van der Waals surface area contributed by atoms with Crippen LogP contribution in [0.3, 0.4) is 0 Å². The molecule has 1 aromatic heterocycles. The van der Waals surface area contributed by atoms with Crippen LogP contribution in [0.4, 0.5) is 8.78 Å². The maximum absolute atomic E-state index is 14.6. The third-order valence-electron chi connectivity index (χ3n) is 4.74. The molecule has 1 saturated carbocycles. The molecule has 0 amide bonds. The first-order valence-corrected chi connectivity index (χ1v) is 10.3. The lowest BCUT2D eigenvalue weighted by atomic mass is 10.1. The minimum absolute atomic E-state index is 0.125. The highest BCUT2D eigenvalue weighted by Gasteiger charge is 2.21. The molecule has 1 fully saturated rings. The van der Waals surface area contributed by atoms with Gasteiger partial charge >= 0.3 is 5.97 Å². The van der Waals surface area contributed by atoms with Crippen molar-refractivity contribution < 1.29 is 23.4 Å². The lowest BCUT2D eigenvalue weighted by Gasteiger charge is -2.17. The fourth-order valence-corrected chi connectivity index (χ4v) is 4.60. The van der Waals surface area contributed by atoms with Gasteiger partial charge in [-0.1, -0.05) is 18.9 Å². The molecule has 0 saturated heterocycles. The molecule has 3 rings (SSSR count). The molecule has 0 aliphatic heterocycles. The third-order valence-corrected chi connectivity index (χ3v) is 6.10. The van der Waals surface area contributed by atoms with Crippen molar-refractivity contribution in [2.75, 3.05) is 0 Å². The van der Waals surface area contributed by atoms with Crippen LogP contribution in [-0.4, -0.2) is 27.4 Å². The van der Waals surface area contributed by atoms with Gasteiger partial charge in [-0.2, -0.15) is 0 Å². The maximum Gasteiger partial charge on any atom is 0.303 e. The highest BCUT2D eigenvalue weighted by atomic mass is 32.2. The van der Waals surface area contributed by atoms with Crippen molar-refractivity contribution in [1.82, 2.24) is 4.98 Å². The van der Waals surface area contributed by atoms with Crippen LogP contribution < -0.4 is 4.74 Å². The Hall–Kier alpha value is -2.15. The first-order valence-electron chi connectivity index (χ1n) is 9.43. The monoisotopic (exact) mass is 407 g/mol. The number of hydrogen-bond acceptors (Lipinski definition) is 4. The van der Waals surface area contributed by atoms with E-state index in [4.69, 9.17) is 9.84 Å². The predicted octanol–water partition coefficient (Wildman–Crippen LogP) is 5.69. The molecule has 1 atom stereocenters. The second kappa shape index (κ2) is 9.37. The summed E-state index contributed by atoms with van der Waals surface area (Å²) in [6.07, 6.45) is 5.78. The van der Waals surface area contributed by atoms with Crippen molar-refractivity contribution >= 4 is 17.7 Å². The molecular weight excluding hydrogens is 384 g/mol.